The third-order valence-corrected chi connectivity index (χ3v) is 3.77. The summed E-state index contributed by atoms with van der Waals surface area (Å²) in [6, 6.07) is 11.3. The van der Waals surface area contributed by atoms with E-state index in [1.54, 1.807) is 20.3 Å². The monoisotopic (exact) mass is 286 g/mol. The number of hydrogen-bond donors (Lipinski definition) is 1. The number of fused-ring (bicyclic) bond motifs is 1. The lowest BCUT2D eigenvalue weighted by Crippen LogP contribution is -2.04. The predicted octanol–water partition coefficient (Wildman–Crippen LogP) is 2.72. The Bertz CT molecular complexity index is 651. The van der Waals surface area contributed by atoms with Gasteiger partial charge in [-0.2, -0.15) is 0 Å². The number of methoxy groups -OCH3 is 2. The quantitative estimate of drug-likeness (QED) is 0.939. The number of hydrogen-bond acceptors (Lipinski definition) is 4. The topological polar surface area (TPSA) is 47.9 Å². The number of rotatable bonds is 4. The molecule has 4 heteroatoms. The van der Waals surface area contributed by atoms with E-state index in [9.17, 15) is 5.11 Å². The number of benzene rings is 2. The summed E-state index contributed by atoms with van der Waals surface area (Å²) in [7, 11) is 3.18. The van der Waals surface area contributed by atoms with Gasteiger partial charge in [-0.1, -0.05) is 18.2 Å². The Morgan fingerprint density at radius 1 is 1.10 bits per heavy atom. The minimum atomic E-state index is -0.793. The molecule has 0 fully saturated rings. The Morgan fingerprint density at radius 3 is 2.71 bits per heavy atom. The molecule has 1 aliphatic heterocycles. The number of ether oxygens (including phenoxy) is 3. The van der Waals surface area contributed by atoms with E-state index in [1.165, 1.54) is 0 Å². The zero-order valence-electron chi connectivity index (χ0n) is 12.1. The van der Waals surface area contributed by atoms with E-state index < -0.39 is 6.10 Å². The van der Waals surface area contributed by atoms with Crippen LogP contribution in [0.1, 0.15) is 22.8 Å². The molecule has 110 valence electrons. The molecule has 1 unspecified atom stereocenters. The SMILES string of the molecule is COc1ccc(C(O)c2cccc3c2OCC3)c(OC)c1. The average Bonchev–Trinajstić information content (AvgIpc) is 3.02. The van der Waals surface area contributed by atoms with Gasteiger partial charge in [-0.05, 0) is 17.7 Å². The maximum atomic E-state index is 10.7. The molecule has 4 nitrogen and oxygen atoms in total. The van der Waals surface area contributed by atoms with Crippen molar-refractivity contribution >= 4 is 0 Å². The lowest BCUT2D eigenvalue weighted by Gasteiger charge is -2.18. The Balaban J connectivity index is 2.03. The van der Waals surface area contributed by atoms with Crippen molar-refractivity contribution in [2.75, 3.05) is 20.8 Å². The molecular formula is C17H18O4. The first kappa shape index (κ1) is 13.8. The fourth-order valence-electron chi connectivity index (χ4n) is 2.67. The van der Waals surface area contributed by atoms with Gasteiger partial charge in [-0.3, -0.25) is 0 Å². The van der Waals surface area contributed by atoms with Crippen LogP contribution >= 0.6 is 0 Å². The zero-order valence-corrected chi connectivity index (χ0v) is 12.1. The fourth-order valence-corrected chi connectivity index (χ4v) is 2.67. The van der Waals surface area contributed by atoms with Crippen molar-refractivity contribution < 1.29 is 19.3 Å². The van der Waals surface area contributed by atoms with Crippen LogP contribution in [-0.4, -0.2) is 25.9 Å². The van der Waals surface area contributed by atoms with Crippen LogP contribution in [0.15, 0.2) is 36.4 Å². The molecule has 0 aromatic heterocycles. The van der Waals surface area contributed by atoms with Crippen LogP contribution in [0.3, 0.4) is 0 Å². The first-order valence-electron chi connectivity index (χ1n) is 6.89. The predicted molar refractivity (Wildman–Crippen MR) is 79.2 cm³/mol. The summed E-state index contributed by atoms with van der Waals surface area (Å²) < 4.78 is 16.2. The fraction of sp³-hybridized carbons (Fsp3) is 0.294. The van der Waals surface area contributed by atoms with Crippen molar-refractivity contribution in [1.82, 2.24) is 0 Å². The molecule has 1 atom stereocenters. The summed E-state index contributed by atoms with van der Waals surface area (Å²) in [6.07, 6.45) is 0.0919. The Morgan fingerprint density at radius 2 is 1.95 bits per heavy atom. The Kier molecular flexibility index (Phi) is 3.71. The van der Waals surface area contributed by atoms with Gasteiger partial charge in [0.05, 0.1) is 20.8 Å². The van der Waals surface area contributed by atoms with E-state index in [4.69, 9.17) is 14.2 Å². The summed E-state index contributed by atoms with van der Waals surface area (Å²) in [5, 5.41) is 10.7. The highest BCUT2D eigenvalue weighted by atomic mass is 16.5. The summed E-state index contributed by atoms with van der Waals surface area (Å²) in [6.45, 7) is 0.665. The lowest BCUT2D eigenvalue weighted by atomic mass is 9.97. The van der Waals surface area contributed by atoms with Gasteiger partial charge in [0.2, 0.25) is 0 Å². The molecule has 0 saturated carbocycles. The van der Waals surface area contributed by atoms with Crippen LogP contribution in [0.25, 0.3) is 0 Å². The van der Waals surface area contributed by atoms with Gasteiger partial charge < -0.3 is 19.3 Å². The van der Waals surface area contributed by atoms with Gasteiger partial charge in [0.25, 0.3) is 0 Å². The first-order chi connectivity index (χ1) is 10.2. The van der Waals surface area contributed by atoms with E-state index >= 15 is 0 Å². The maximum absolute atomic E-state index is 10.7. The van der Waals surface area contributed by atoms with Crippen molar-refractivity contribution in [3.8, 4) is 17.2 Å². The van der Waals surface area contributed by atoms with Gasteiger partial charge in [-0.25, -0.2) is 0 Å². The largest absolute Gasteiger partial charge is 0.497 e. The van der Waals surface area contributed by atoms with Crippen LogP contribution in [0.5, 0.6) is 17.2 Å². The highest BCUT2D eigenvalue weighted by Crippen LogP contribution is 2.39. The first-order valence-corrected chi connectivity index (χ1v) is 6.89. The van der Waals surface area contributed by atoms with Crippen LogP contribution < -0.4 is 14.2 Å². The van der Waals surface area contributed by atoms with Crippen molar-refractivity contribution in [1.29, 1.82) is 0 Å². The minimum absolute atomic E-state index is 0.595. The molecule has 1 heterocycles. The van der Waals surface area contributed by atoms with E-state index in [1.807, 2.05) is 30.3 Å². The van der Waals surface area contributed by atoms with Gasteiger partial charge in [-0.15, -0.1) is 0 Å². The van der Waals surface area contributed by atoms with E-state index in [0.29, 0.717) is 23.7 Å². The smallest absolute Gasteiger partial charge is 0.128 e. The average molecular weight is 286 g/mol. The van der Waals surface area contributed by atoms with Crippen molar-refractivity contribution in [2.24, 2.45) is 0 Å². The van der Waals surface area contributed by atoms with Crippen molar-refractivity contribution in [2.45, 2.75) is 12.5 Å². The van der Waals surface area contributed by atoms with E-state index in [-0.39, 0.29) is 0 Å². The minimum Gasteiger partial charge on any atom is -0.497 e. The Labute approximate surface area is 123 Å². The maximum Gasteiger partial charge on any atom is 0.128 e. The molecular weight excluding hydrogens is 268 g/mol. The second-order valence-corrected chi connectivity index (χ2v) is 4.94. The second kappa shape index (κ2) is 5.66. The molecule has 2 aromatic rings. The van der Waals surface area contributed by atoms with Crippen LogP contribution in [0.4, 0.5) is 0 Å². The molecule has 3 rings (SSSR count). The summed E-state index contributed by atoms with van der Waals surface area (Å²) in [4.78, 5) is 0. The van der Waals surface area contributed by atoms with Crippen LogP contribution in [-0.2, 0) is 6.42 Å². The summed E-state index contributed by atoms with van der Waals surface area (Å²) in [5.74, 6) is 2.08. The van der Waals surface area contributed by atoms with E-state index in [2.05, 4.69) is 0 Å². The molecule has 0 saturated heterocycles. The van der Waals surface area contributed by atoms with Crippen molar-refractivity contribution in [3.05, 3.63) is 53.1 Å². The molecule has 0 amide bonds. The standard InChI is InChI=1S/C17H18O4/c1-19-12-6-7-13(15(10-12)20-2)16(18)14-5-3-4-11-8-9-21-17(11)14/h3-7,10,16,18H,8-9H2,1-2H3. The number of aliphatic hydroxyl groups is 1. The zero-order chi connectivity index (χ0) is 14.8. The van der Waals surface area contributed by atoms with Crippen LogP contribution in [0, 0.1) is 0 Å². The highest BCUT2D eigenvalue weighted by Gasteiger charge is 2.24. The lowest BCUT2D eigenvalue weighted by molar-refractivity contribution is 0.208. The number of para-hydroxylation sites is 1. The molecule has 21 heavy (non-hydrogen) atoms. The molecule has 1 aliphatic rings. The Hall–Kier alpha value is -2.20. The van der Waals surface area contributed by atoms with Gasteiger partial charge >= 0.3 is 0 Å². The third-order valence-electron chi connectivity index (χ3n) is 3.77. The van der Waals surface area contributed by atoms with Crippen molar-refractivity contribution in [3.63, 3.8) is 0 Å². The van der Waals surface area contributed by atoms with Crippen LogP contribution in [0.2, 0.25) is 0 Å². The van der Waals surface area contributed by atoms with E-state index in [0.717, 1.165) is 23.3 Å². The molecule has 1 N–H and O–H groups in total. The van der Waals surface area contributed by atoms with Gasteiger partial charge in [0.1, 0.15) is 23.4 Å². The second-order valence-electron chi connectivity index (χ2n) is 4.94. The molecule has 2 aromatic carbocycles. The highest BCUT2D eigenvalue weighted by molar-refractivity contribution is 5.51. The number of aliphatic hydroxyl groups excluding tert-OH is 1. The normalized spacial score (nSPS) is 14.2. The van der Waals surface area contributed by atoms with Gasteiger partial charge in [0.15, 0.2) is 0 Å². The summed E-state index contributed by atoms with van der Waals surface area (Å²) >= 11 is 0. The van der Waals surface area contributed by atoms with Gasteiger partial charge in [0, 0.05) is 23.6 Å². The molecule has 0 radical (unpaired) electrons. The molecule has 0 bridgehead atoms. The molecule has 0 aliphatic carbocycles. The third kappa shape index (κ3) is 2.43. The summed E-state index contributed by atoms with van der Waals surface area (Å²) in [5.41, 5.74) is 2.61. The molecule has 0 spiro atoms.